The average molecular weight is 408 g/mol. The van der Waals surface area contributed by atoms with E-state index in [9.17, 15) is 14.9 Å². The highest BCUT2D eigenvalue weighted by atomic mass is 32.1. The summed E-state index contributed by atoms with van der Waals surface area (Å²) in [5.74, 6) is -0.0686. The van der Waals surface area contributed by atoms with Gasteiger partial charge in [-0.3, -0.25) is 20.0 Å². The molecule has 2 aromatic heterocycles. The van der Waals surface area contributed by atoms with E-state index in [0.29, 0.717) is 5.82 Å². The summed E-state index contributed by atoms with van der Waals surface area (Å²) in [5, 5.41) is 30.1. The summed E-state index contributed by atoms with van der Waals surface area (Å²) in [7, 11) is 0. The van der Waals surface area contributed by atoms with Gasteiger partial charge in [0.2, 0.25) is 10.6 Å². The van der Waals surface area contributed by atoms with Crippen LogP contribution in [0.25, 0.3) is 11.4 Å². The minimum Gasteiger partial charge on any atom is -0.268 e. The maximum Gasteiger partial charge on any atom is 0.282 e. The third kappa shape index (κ3) is 3.55. The van der Waals surface area contributed by atoms with Crippen molar-refractivity contribution < 1.29 is 9.72 Å². The molecule has 0 radical (unpaired) electrons. The van der Waals surface area contributed by atoms with Crippen LogP contribution in [0.1, 0.15) is 16.2 Å². The SMILES string of the molecule is O=C(c1ccccc1[N+](=O)[O-])n1c(Cn2nnc(-c3ccccc3)n2)n[nH]c1=S. The van der Waals surface area contributed by atoms with Crippen LogP contribution < -0.4 is 0 Å². The van der Waals surface area contributed by atoms with E-state index in [-0.39, 0.29) is 28.4 Å². The molecule has 11 nitrogen and oxygen atoms in total. The van der Waals surface area contributed by atoms with E-state index in [4.69, 9.17) is 12.2 Å². The highest BCUT2D eigenvalue weighted by Gasteiger charge is 2.24. The molecule has 0 saturated carbocycles. The lowest BCUT2D eigenvalue weighted by Gasteiger charge is -2.05. The molecule has 2 aromatic carbocycles. The normalized spacial score (nSPS) is 10.8. The molecule has 0 unspecified atom stereocenters. The van der Waals surface area contributed by atoms with Crippen molar-refractivity contribution in [3.05, 3.63) is 80.9 Å². The molecule has 0 bridgehead atoms. The molecule has 12 heteroatoms. The Kier molecular flexibility index (Phi) is 4.75. The summed E-state index contributed by atoms with van der Waals surface area (Å²) in [6.07, 6.45) is 0. The first kappa shape index (κ1) is 18.3. The van der Waals surface area contributed by atoms with Crippen molar-refractivity contribution in [1.29, 1.82) is 0 Å². The van der Waals surface area contributed by atoms with E-state index in [0.717, 1.165) is 10.1 Å². The molecule has 0 aliphatic heterocycles. The Morgan fingerprint density at radius 1 is 1.14 bits per heavy atom. The quantitative estimate of drug-likeness (QED) is 0.301. The second kappa shape index (κ2) is 7.52. The Labute approximate surface area is 167 Å². The zero-order valence-corrected chi connectivity index (χ0v) is 15.5. The number of H-pyrrole nitrogens is 1. The minimum absolute atomic E-state index is 0.00606. The summed E-state index contributed by atoms with van der Waals surface area (Å²) in [4.78, 5) is 24.9. The van der Waals surface area contributed by atoms with E-state index >= 15 is 0 Å². The topological polar surface area (TPSA) is 137 Å². The van der Waals surface area contributed by atoms with Crippen molar-refractivity contribution in [2.75, 3.05) is 0 Å². The number of tetrazole rings is 1. The number of carbonyl (C=O) groups is 1. The minimum atomic E-state index is -0.672. The predicted octanol–water partition coefficient (Wildman–Crippen LogP) is 2.24. The monoisotopic (exact) mass is 408 g/mol. The zero-order chi connectivity index (χ0) is 20.4. The summed E-state index contributed by atoms with van der Waals surface area (Å²) >= 11 is 5.14. The maximum atomic E-state index is 13.0. The third-order valence-corrected chi connectivity index (χ3v) is 4.32. The molecule has 2 heterocycles. The van der Waals surface area contributed by atoms with Gasteiger partial charge in [-0.1, -0.05) is 42.5 Å². The van der Waals surface area contributed by atoms with Gasteiger partial charge in [0.15, 0.2) is 5.82 Å². The molecule has 4 rings (SSSR count). The van der Waals surface area contributed by atoms with Crippen LogP contribution in [0.5, 0.6) is 0 Å². The van der Waals surface area contributed by atoms with E-state index in [2.05, 4.69) is 25.6 Å². The third-order valence-electron chi connectivity index (χ3n) is 4.04. The summed E-state index contributed by atoms with van der Waals surface area (Å²) in [5.41, 5.74) is 0.359. The van der Waals surface area contributed by atoms with Gasteiger partial charge in [0.25, 0.3) is 11.6 Å². The van der Waals surface area contributed by atoms with Crippen LogP contribution in [0.4, 0.5) is 5.69 Å². The number of para-hydroxylation sites is 1. The van der Waals surface area contributed by atoms with Gasteiger partial charge >= 0.3 is 0 Å². The number of nitro groups is 1. The number of aromatic nitrogens is 7. The second-order valence-electron chi connectivity index (χ2n) is 5.87. The fraction of sp³-hybridized carbons (Fsp3) is 0.0588. The molecule has 4 aromatic rings. The number of hydrogen-bond acceptors (Lipinski definition) is 8. The molecule has 0 amide bonds. The van der Waals surface area contributed by atoms with Crippen LogP contribution in [-0.2, 0) is 6.54 Å². The average Bonchev–Trinajstić information content (AvgIpc) is 3.35. The molecule has 0 aliphatic rings. The van der Waals surface area contributed by atoms with E-state index in [1.165, 1.54) is 29.1 Å². The van der Waals surface area contributed by atoms with Gasteiger partial charge in [-0.25, -0.2) is 4.57 Å². The number of nitrogens with one attached hydrogen (secondary N) is 1. The smallest absolute Gasteiger partial charge is 0.268 e. The Hall–Kier alpha value is -4.06. The standard InChI is InChI=1S/C17H12N8O3S/c26-16(12-8-4-5-9-13(12)25(27)28)24-14(18-20-17(24)29)10-23-21-15(19-22-23)11-6-2-1-3-7-11/h1-9H,10H2,(H,20,29). The van der Waals surface area contributed by atoms with Gasteiger partial charge in [0.1, 0.15) is 12.1 Å². The molecule has 0 spiro atoms. The van der Waals surface area contributed by atoms with Gasteiger partial charge in [-0.05, 0) is 23.5 Å². The molecule has 0 atom stereocenters. The van der Waals surface area contributed by atoms with Crippen molar-refractivity contribution in [3.8, 4) is 11.4 Å². The lowest BCUT2D eigenvalue weighted by molar-refractivity contribution is -0.385. The van der Waals surface area contributed by atoms with Crippen LogP contribution in [0.2, 0.25) is 0 Å². The Bertz CT molecular complexity index is 1260. The van der Waals surface area contributed by atoms with Crippen molar-refractivity contribution in [3.63, 3.8) is 0 Å². The van der Waals surface area contributed by atoms with Gasteiger partial charge in [0.05, 0.1) is 4.92 Å². The number of hydrogen-bond donors (Lipinski definition) is 1. The van der Waals surface area contributed by atoms with E-state index in [1.807, 2.05) is 30.3 Å². The maximum absolute atomic E-state index is 13.0. The molecule has 0 saturated heterocycles. The van der Waals surface area contributed by atoms with Gasteiger partial charge in [0, 0.05) is 11.6 Å². The van der Waals surface area contributed by atoms with Crippen LogP contribution in [-0.4, -0.2) is 45.8 Å². The molecule has 29 heavy (non-hydrogen) atoms. The molecular weight excluding hydrogens is 396 g/mol. The van der Waals surface area contributed by atoms with Crippen LogP contribution >= 0.6 is 12.2 Å². The highest BCUT2D eigenvalue weighted by molar-refractivity contribution is 7.71. The van der Waals surface area contributed by atoms with Crippen molar-refractivity contribution in [1.82, 2.24) is 35.0 Å². The van der Waals surface area contributed by atoms with Crippen molar-refractivity contribution in [2.45, 2.75) is 6.54 Å². The molecule has 0 fully saturated rings. The highest BCUT2D eigenvalue weighted by Crippen LogP contribution is 2.20. The second-order valence-corrected chi connectivity index (χ2v) is 6.26. The Morgan fingerprint density at radius 2 is 1.86 bits per heavy atom. The first-order valence-corrected chi connectivity index (χ1v) is 8.73. The van der Waals surface area contributed by atoms with E-state index in [1.54, 1.807) is 0 Å². The van der Waals surface area contributed by atoms with Gasteiger partial charge < -0.3 is 0 Å². The number of rotatable bonds is 5. The summed E-state index contributed by atoms with van der Waals surface area (Å²) in [6, 6.07) is 14.9. The van der Waals surface area contributed by atoms with Crippen LogP contribution in [0, 0.1) is 14.9 Å². The first-order valence-electron chi connectivity index (χ1n) is 8.32. The number of benzene rings is 2. The van der Waals surface area contributed by atoms with Gasteiger partial charge in [-0.15, -0.1) is 10.2 Å². The van der Waals surface area contributed by atoms with Gasteiger partial charge in [-0.2, -0.15) is 9.90 Å². The lowest BCUT2D eigenvalue weighted by atomic mass is 10.1. The lowest BCUT2D eigenvalue weighted by Crippen LogP contribution is -2.19. The predicted molar refractivity (Wildman–Crippen MR) is 103 cm³/mol. The Balaban J connectivity index is 1.67. The number of aromatic amines is 1. The number of nitro benzene ring substituents is 1. The first-order chi connectivity index (χ1) is 14.0. The molecule has 0 aliphatic carbocycles. The Morgan fingerprint density at radius 3 is 2.62 bits per heavy atom. The van der Waals surface area contributed by atoms with Crippen molar-refractivity contribution in [2.24, 2.45) is 0 Å². The fourth-order valence-electron chi connectivity index (χ4n) is 2.72. The largest absolute Gasteiger partial charge is 0.282 e. The number of nitrogens with zero attached hydrogens (tertiary/aromatic N) is 7. The molecule has 1 N–H and O–H groups in total. The van der Waals surface area contributed by atoms with Crippen LogP contribution in [0.15, 0.2) is 54.6 Å². The zero-order valence-electron chi connectivity index (χ0n) is 14.7. The van der Waals surface area contributed by atoms with E-state index < -0.39 is 10.8 Å². The summed E-state index contributed by atoms with van der Waals surface area (Å²) in [6.45, 7) is -0.0145. The van der Waals surface area contributed by atoms with Crippen LogP contribution in [0.3, 0.4) is 0 Å². The summed E-state index contributed by atoms with van der Waals surface area (Å²) < 4.78 is 1.09. The molecule has 144 valence electrons. The number of carbonyl (C=O) groups excluding carboxylic acids is 1. The molecular formula is C17H12N8O3S. The van der Waals surface area contributed by atoms with Crippen molar-refractivity contribution >= 4 is 23.8 Å². The fourth-order valence-corrected chi connectivity index (χ4v) is 2.95.